The van der Waals surface area contributed by atoms with Gasteiger partial charge in [-0.25, -0.2) is 4.79 Å². The first kappa shape index (κ1) is 35.7. The summed E-state index contributed by atoms with van der Waals surface area (Å²) in [6, 6.07) is 0. The molecular formula is C32H47N3O8. The van der Waals surface area contributed by atoms with Crippen molar-refractivity contribution < 1.29 is 38.5 Å². The molecule has 1 aliphatic heterocycles. The van der Waals surface area contributed by atoms with Crippen LogP contribution >= 0.6 is 0 Å². The summed E-state index contributed by atoms with van der Waals surface area (Å²) in [4.78, 5) is 51.7. The lowest BCUT2D eigenvalue weighted by Crippen LogP contribution is -2.42. The molecule has 0 aromatic heterocycles. The van der Waals surface area contributed by atoms with Crippen LogP contribution in [-0.4, -0.2) is 72.8 Å². The van der Waals surface area contributed by atoms with Crippen molar-refractivity contribution in [3.8, 4) is 0 Å². The molecule has 238 valence electrons. The van der Waals surface area contributed by atoms with Gasteiger partial charge in [0.15, 0.2) is 6.10 Å². The number of carbonyl (C=O) groups is 4. The highest BCUT2D eigenvalue weighted by atomic mass is 16.6. The monoisotopic (exact) mass is 601 g/mol. The molecule has 0 fully saturated rings. The number of amides is 2. The number of aliphatic hydroxyl groups excluding tert-OH is 1. The van der Waals surface area contributed by atoms with Gasteiger partial charge in [-0.15, -0.1) is 0 Å². The average Bonchev–Trinajstić information content (AvgIpc) is 2.91. The topological polar surface area (TPSA) is 166 Å². The highest BCUT2D eigenvalue weighted by Crippen LogP contribution is 2.29. The van der Waals surface area contributed by atoms with Crippen LogP contribution in [0.15, 0.2) is 58.5 Å². The van der Waals surface area contributed by atoms with E-state index in [0.717, 1.165) is 6.08 Å². The molecule has 0 unspecified atom stereocenters. The van der Waals surface area contributed by atoms with E-state index >= 15 is 0 Å². The minimum atomic E-state index is -0.997. The van der Waals surface area contributed by atoms with Crippen LogP contribution in [-0.2, 0) is 28.6 Å². The van der Waals surface area contributed by atoms with Crippen LogP contribution in [0.2, 0.25) is 0 Å². The summed E-state index contributed by atoms with van der Waals surface area (Å²) >= 11 is 0. The number of rotatable bonds is 4. The van der Waals surface area contributed by atoms with E-state index in [-0.39, 0.29) is 34.9 Å². The van der Waals surface area contributed by atoms with Crippen molar-refractivity contribution in [2.45, 2.75) is 91.3 Å². The lowest BCUT2D eigenvalue weighted by atomic mass is 9.84. The summed E-state index contributed by atoms with van der Waals surface area (Å²) in [5.74, 6) is -2.08. The van der Waals surface area contributed by atoms with E-state index in [4.69, 9.17) is 19.9 Å². The van der Waals surface area contributed by atoms with Crippen molar-refractivity contribution >= 4 is 23.6 Å². The first-order valence-electron chi connectivity index (χ1n) is 14.4. The van der Waals surface area contributed by atoms with Gasteiger partial charge in [-0.2, -0.15) is 0 Å². The second kappa shape index (κ2) is 15.3. The number of hydrogen-bond donors (Lipinski definition) is 4. The maximum absolute atomic E-state index is 13.7. The number of ether oxygens (including phenoxy) is 3. The Kier molecular flexibility index (Phi) is 12.7. The Morgan fingerprint density at radius 1 is 1.12 bits per heavy atom. The zero-order valence-electron chi connectivity index (χ0n) is 26.6. The fraction of sp³-hybridized carbons (Fsp3) is 0.562. The van der Waals surface area contributed by atoms with Crippen LogP contribution in [0.1, 0.15) is 61.3 Å². The minimum Gasteiger partial charge on any atom is -0.439 e. The van der Waals surface area contributed by atoms with Gasteiger partial charge >= 0.3 is 6.09 Å². The van der Waals surface area contributed by atoms with Crippen LogP contribution < -0.4 is 16.4 Å². The molecule has 11 nitrogen and oxygen atoms in total. The Morgan fingerprint density at radius 2 is 1.77 bits per heavy atom. The lowest BCUT2D eigenvalue weighted by molar-refractivity contribution is -0.120. The molecule has 1 aliphatic carbocycles. The molecule has 0 saturated heterocycles. The molecule has 11 heteroatoms. The predicted octanol–water partition coefficient (Wildman–Crippen LogP) is 3.15. The highest BCUT2D eigenvalue weighted by molar-refractivity contribution is 6.23. The number of allylic oxidation sites excluding steroid dienone is 4. The number of methoxy groups -OCH3 is 2. The molecule has 6 atom stereocenters. The Labute approximate surface area is 254 Å². The second-order valence-electron chi connectivity index (χ2n) is 12.3. The smallest absolute Gasteiger partial charge is 0.405 e. The standard InChI is InChI=1S/C32H47N3O8/c1-17-13-21-26(35-32(5,6)7)23(36)16-22(28(21)38)34-30(39)18(2)11-10-12-24(41-8)29(43-31(33)40)20(4)15-19(3)27(37)25(14-17)42-9/h10-12,15-17,19,24-25,27,29,35,37H,13-14H2,1-9H3,(H2,33,40)(H,34,39)/b12-10+,18-11-,20-15+/t17-,19+,24+,25+,27-,29+/m1/s1. The van der Waals surface area contributed by atoms with E-state index in [9.17, 15) is 24.3 Å². The van der Waals surface area contributed by atoms with Crippen molar-refractivity contribution in [2.24, 2.45) is 17.6 Å². The average molecular weight is 602 g/mol. The molecule has 0 aromatic rings. The van der Waals surface area contributed by atoms with Gasteiger partial charge in [0.05, 0.1) is 23.6 Å². The summed E-state index contributed by atoms with van der Waals surface area (Å²) in [5, 5.41) is 17.0. The van der Waals surface area contributed by atoms with Crippen molar-refractivity contribution in [1.82, 2.24) is 10.6 Å². The Morgan fingerprint density at radius 3 is 2.33 bits per heavy atom. The van der Waals surface area contributed by atoms with Gasteiger partial charge in [0.2, 0.25) is 11.6 Å². The summed E-state index contributed by atoms with van der Waals surface area (Å²) < 4.78 is 16.6. The first-order chi connectivity index (χ1) is 20.0. The van der Waals surface area contributed by atoms with E-state index in [1.165, 1.54) is 20.3 Å². The van der Waals surface area contributed by atoms with Gasteiger partial charge in [-0.3, -0.25) is 14.4 Å². The first-order valence-corrected chi connectivity index (χ1v) is 14.4. The molecule has 2 amide bonds. The van der Waals surface area contributed by atoms with Gasteiger partial charge in [-0.05, 0) is 59.0 Å². The Bertz CT molecular complexity index is 1240. The Hall–Kier alpha value is -3.54. The molecule has 0 aromatic carbocycles. The van der Waals surface area contributed by atoms with Crippen LogP contribution in [0.5, 0.6) is 0 Å². The zero-order chi connectivity index (χ0) is 32.6. The van der Waals surface area contributed by atoms with Crippen molar-refractivity contribution in [1.29, 1.82) is 0 Å². The number of hydrogen-bond acceptors (Lipinski definition) is 9. The lowest BCUT2D eigenvalue weighted by Gasteiger charge is -2.31. The Balaban J connectivity index is 2.65. The van der Waals surface area contributed by atoms with Gasteiger partial charge in [-0.1, -0.05) is 38.2 Å². The maximum Gasteiger partial charge on any atom is 0.405 e. The van der Waals surface area contributed by atoms with Crippen LogP contribution in [0.4, 0.5) is 4.79 Å². The third kappa shape index (κ3) is 10.0. The summed E-state index contributed by atoms with van der Waals surface area (Å²) in [7, 11) is 2.93. The number of nitrogens with two attached hydrogens (primary N) is 1. The summed E-state index contributed by atoms with van der Waals surface area (Å²) in [5.41, 5.74) is 6.02. The van der Waals surface area contributed by atoms with Gasteiger partial charge in [0.1, 0.15) is 6.10 Å². The fourth-order valence-electron chi connectivity index (χ4n) is 5.10. The van der Waals surface area contributed by atoms with Gasteiger partial charge in [0, 0.05) is 42.9 Å². The van der Waals surface area contributed by atoms with Crippen molar-refractivity contribution in [3.05, 3.63) is 58.5 Å². The number of fused-ring (bicyclic) bond motifs is 2. The molecular weight excluding hydrogens is 554 g/mol. The SMILES string of the molecule is CO[C@H]1/C=C/C=C(/C)C(=O)NC2=CC(=O)C(NC(C)(C)C)=C(C[C@@H](C)C[C@H](OC)[C@H](O)[C@@H](C)/C=C(\C)[C@@H]1OC(N)=O)C2=O. The number of carbonyl (C=O) groups excluding carboxylic acids is 4. The molecule has 5 N–H and O–H groups in total. The van der Waals surface area contributed by atoms with E-state index in [1.54, 1.807) is 32.1 Å². The third-order valence-electron chi connectivity index (χ3n) is 7.29. The van der Waals surface area contributed by atoms with E-state index in [2.05, 4.69) is 10.6 Å². The third-order valence-corrected chi connectivity index (χ3v) is 7.29. The number of Topliss-reactive ketones (excluding diaryl/α,β-unsaturated/α-hetero) is 1. The van der Waals surface area contributed by atoms with Crippen molar-refractivity contribution in [3.63, 3.8) is 0 Å². The molecule has 1 heterocycles. The highest BCUT2D eigenvalue weighted by Gasteiger charge is 2.34. The maximum atomic E-state index is 13.7. The fourth-order valence-corrected chi connectivity index (χ4v) is 5.10. The predicted molar refractivity (Wildman–Crippen MR) is 162 cm³/mol. The summed E-state index contributed by atoms with van der Waals surface area (Å²) in [6.07, 6.45) is 3.86. The number of ketones is 2. The number of aliphatic hydroxyl groups is 1. The quantitative estimate of drug-likeness (QED) is 0.280. The number of nitrogens with one attached hydrogen (secondary N) is 2. The van der Waals surface area contributed by atoms with Gasteiger partial charge in [0.25, 0.3) is 5.91 Å². The van der Waals surface area contributed by atoms with Crippen molar-refractivity contribution in [2.75, 3.05) is 14.2 Å². The van der Waals surface area contributed by atoms with E-state index in [1.807, 2.05) is 34.6 Å². The molecule has 43 heavy (non-hydrogen) atoms. The van der Waals surface area contributed by atoms with E-state index in [0.29, 0.717) is 12.0 Å². The molecule has 2 bridgehead atoms. The van der Waals surface area contributed by atoms with Crippen LogP contribution in [0, 0.1) is 11.8 Å². The zero-order valence-corrected chi connectivity index (χ0v) is 26.6. The second-order valence-corrected chi connectivity index (χ2v) is 12.3. The molecule has 0 spiro atoms. The summed E-state index contributed by atoms with van der Waals surface area (Å²) in [6.45, 7) is 12.7. The van der Waals surface area contributed by atoms with Gasteiger partial charge < -0.3 is 35.7 Å². The minimum absolute atomic E-state index is 0.118. The molecule has 0 saturated carbocycles. The normalized spacial score (nSPS) is 31.7. The largest absolute Gasteiger partial charge is 0.439 e. The number of primary amides is 1. The molecule has 2 aliphatic rings. The van der Waals surface area contributed by atoms with E-state index < -0.39 is 59.4 Å². The van der Waals surface area contributed by atoms with Crippen LogP contribution in [0.3, 0.4) is 0 Å². The molecule has 2 rings (SSSR count). The molecule has 0 radical (unpaired) electrons. The van der Waals surface area contributed by atoms with Crippen LogP contribution in [0.25, 0.3) is 0 Å².